The smallest absolute Gasteiger partial charge is 0.244 e. The number of nitrogens with zero attached hydrogens (tertiary/aromatic N) is 3. The number of thioether (sulfide) groups is 1. The zero-order valence-electron chi connectivity index (χ0n) is 10.6. The lowest BCUT2D eigenvalue weighted by atomic mass is 9.99. The molecule has 1 aliphatic rings. The van der Waals surface area contributed by atoms with Crippen molar-refractivity contribution < 1.29 is 8.42 Å². The van der Waals surface area contributed by atoms with Crippen LogP contribution in [0.3, 0.4) is 0 Å². The van der Waals surface area contributed by atoms with E-state index in [1.165, 1.54) is 22.3 Å². The van der Waals surface area contributed by atoms with Crippen LogP contribution in [0.2, 0.25) is 0 Å². The van der Waals surface area contributed by atoms with Gasteiger partial charge in [-0.3, -0.25) is 4.98 Å². The minimum absolute atomic E-state index is 0.212. The second-order valence-corrected chi connectivity index (χ2v) is 7.53. The van der Waals surface area contributed by atoms with Crippen molar-refractivity contribution in [2.24, 2.45) is 0 Å². The minimum Gasteiger partial charge on any atom is -0.263 e. The van der Waals surface area contributed by atoms with Crippen LogP contribution in [-0.4, -0.2) is 41.8 Å². The quantitative estimate of drug-likeness (QED) is 0.845. The molecule has 0 unspecified atom stereocenters. The Morgan fingerprint density at radius 3 is 2.63 bits per heavy atom. The standard InChI is InChI=1S/C12H15N3O2S2/c1-18-12(10-13)4-7-15(8-5-12)19(16,17)11-3-2-6-14-9-11/h2-3,6,9H,4-5,7-8H2,1H3. The van der Waals surface area contributed by atoms with Gasteiger partial charge in [0.2, 0.25) is 10.0 Å². The van der Waals surface area contributed by atoms with E-state index in [0.29, 0.717) is 25.9 Å². The van der Waals surface area contributed by atoms with Crippen LogP contribution >= 0.6 is 11.8 Å². The van der Waals surface area contributed by atoms with Gasteiger partial charge in [0, 0.05) is 25.5 Å². The fourth-order valence-electron chi connectivity index (χ4n) is 2.10. The molecule has 1 aromatic heterocycles. The minimum atomic E-state index is -3.48. The van der Waals surface area contributed by atoms with Crippen molar-refractivity contribution in [1.29, 1.82) is 5.26 Å². The number of rotatable bonds is 3. The summed E-state index contributed by atoms with van der Waals surface area (Å²) in [5.74, 6) is 0. The van der Waals surface area contributed by atoms with Gasteiger partial charge in [0.05, 0.1) is 6.07 Å². The van der Waals surface area contributed by atoms with Gasteiger partial charge in [0.25, 0.3) is 0 Å². The molecule has 1 fully saturated rings. The van der Waals surface area contributed by atoms with E-state index in [4.69, 9.17) is 0 Å². The summed E-state index contributed by atoms with van der Waals surface area (Å²) in [4.78, 5) is 4.06. The van der Waals surface area contributed by atoms with Crippen LogP contribution in [0.25, 0.3) is 0 Å². The number of nitriles is 1. The molecule has 5 nitrogen and oxygen atoms in total. The maximum absolute atomic E-state index is 12.4. The highest BCUT2D eigenvalue weighted by atomic mass is 32.2. The predicted molar refractivity (Wildman–Crippen MR) is 74.1 cm³/mol. The first-order chi connectivity index (χ1) is 9.04. The van der Waals surface area contributed by atoms with E-state index in [9.17, 15) is 13.7 Å². The maximum Gasteiger partial charge on any atom is 0.244 e. The van der Waals surface area contributed by atoms with Crippen molar-refractivity contribution in [3.63, 3.8) is 0 Å². The highest BCUT2D eigenvalue weighted by molar-refractivity contribution is 8.00. The average molecular weight is 297 g/mol. The van der Waals surface area contributed by atoms with Crippen LogP contribution in [0.1, 0.15) is 12.8 Å². The Bertz CT molecular complexity index is 573. The molecule has 0 saturated carbocycles. The number of hydrogen-bond donors (Lipinski definition) is 0. The highest BCUT2D eigenvalue weighted by Gasteiger charge is 2.38. The summed E-state index contributed by atoms with van der Waals surface area (Å²) in [7, 11) is -3.48. The Hall–Kier alpha value is -1.10. The first-order valence-corrected chi connectivity index (χ1v) is 8.57. The summed E-state index contributed by atoms with van der Waals surface area (Å²) in [6.07, 6.45) is 5.92. The topological polar surface area (TPSA) is 74.1 Å². The molecule has 7 heteroatoms. The molecule has 2 heterocycles. The number of aromatic nitrogens is 1. The third-order valence-electron chi connectivity index (χ3n) is 3.40. The molecular formula is C12H15N3O2S2. The number of pyridine rings is 1. The fraction of sp³-hybridized carbons (Fsp3) is 0.500. The molecule has 0 radical (unpaired) electrons. The Labute approximate surface area is 117 Å². The summed E-state index contributed by atoms with van der Waals surface area (Å²) >= 11 is 1.51. The van der Waals surface area contributed by atoms with Crippen LogP contribution in [0.15, 0.2) is 29.4 Å². The van der Waals surface area contributed by atoms with Gasteiger partial charge in [-0.15, -0.1) is 11.8 Å². The molecule has 102 valence electrons. The second-order valence-electron chi connectivity index (χ2n) is 4.40. The molecule has 1 saturated heterocycles. The van der Waals surface area contributed by atoms with E-state index in [1.54, 1.807) is 18.3 Å². The third kappa shape index (κ3) is 2.76. The lowest BCUT2D eigenvalue weighted by Gasteiger charge is -2.35. The summed E-state index contributed by atoms with van der Waals surface area (Å²) in [5, 5.41) is 9.20. The van der Waals surface area contributed by atoms with Crippen LogP contribution in [0.4, 0.5) is 0 Å². The van der Waals surface area contributed by atoms with E-state index in [-0.39, 0.29) is 4.90 Å². The van der Waals surface area contributed by atoms with Crippen molar-refractivity contribution in [3.8, 4) is 6.07 Å². The normalized spacial score (nSPS) is 19.8. The summed E-state index contributed by atoms with van der Waals surface area (Å²) in [6, 6.07) is 5.46. The molecular weight excluding hydrogens is 282 g/mol. The van der Waals surface area contributed by atoms with Gasteiger partial charge >= 0.3 is 0 Å². The highest BCUT2D eigenvalue weighted by Crippen LogP contribution is 2.35. The largest absolute Gasteiger partial charge is 0.263 e. The third-order valence-corrected chi connectivity index (χ3v) is 6.56. The van der Waals surface area contributed by atoms with Gasteiger partial charge in [-0.1, -0.05) is 0 Å². The molecule has 0 aliphatic carbocycles. The second kappa shape index (κ2) is 5.49. The molecule has 0 aromatic carbocycles. The van der Waals surface area contributed by atoms with E-state index >= 15 is 0 Å². The predicted octanol–water partition coefficient (Wildman–Crippen LogP) is 1.49. The molecule has 0 spiro atoms. The van der Waals surface area contributed by atoms with Crippen molar-refractivity contribution in [2.75, 3.05) is 19.3 Å². The average Bonchev–Trinajstić information content (AvgIpc) is 2.48. The Morgan fingerprint density at radius 2 is 2.16 bits per heavy atom. The van der Waals surface area contributed by atoms with Crippen LogP contribution in [0, 0.1) is 11.3 Å². The lowest BCUT2D eigenvalue weighted by Crippen LogP contribution is -2.44. The zero-order valence-corrected chi connectivity index (χ0v) is 12.2. The Balaban J connectivity index is 2.17. The van der Waals surface area contributed by atoms with Crippen molar-refractivity contribution in [3.05, 3.63) is 24.5 Å². The van der Waals surface area contributed by atoms with Crippen LogP contribution in [-0.2, 0) is 10.0 Å². The number of piperidine rings is 1. The monoisotopic (exact) mass is 297 g/mol. The van der Waals surface area contributed by atoms with Crippen molar-refractivity contribution >= 4 is 21.8 Å². The lowest BCUT2D eigenvalue weighted by molar-refractivity contribution is 0.327. The molecule has 0 bridgehead atoms. The summed E-state index contributed by atoms with van der Waals surface area (Å²) in [6.45, 7) is 0.761. The first-order valence-electron chi connectivity index (χ1n) is 5.91. The summed E-state index contributed by atoms with van der Waals surface area (Å²) in [5.41, 5.74) is 0. The molecule has 0 amide bonds. The summed E-state index contributed by atoms with van der Waals surface area (Å²) < 4.78 is 25.7. The van der Waals surface area contributed by atoms with Crippen LogP contribution in [0.5, 0.6) is 0 Å². The van der Waals surface area contributed by atoms with Gasteiger partial charge in [0.15, 0.2) is 0 Å². The van der Waals surface area contributed by atoms with Gasteiger partial charge in [-0.05, 0) is 31.2 Å². The number of sulfonamides is 1. The number of hydrogen-bond acceptors (Lipinski definition) is 5. The molecule has 1 aliphatic heterocycles. The van der Waals surface area contributed by atoms with Gasteiger partial charge in [-0.25, -0.2) is 8.42 Å². The maximum atomic E-state index is 12.4. The van der Waals surface area contributed by atoms with Gasteiger partial charge < -0.3 is 0 Å². The first kappa shape index (κ1) is 14.3. The molecule has 0 N–H and O–H groups in total. The Morgan fingerprint density at radius 1 is 1.47 bits per heavy atom. The molecule has 19 heavy (non-hydrogen) atoms. The molecule has 1 aromatic rings. The fourth-order valence-corrected chi connectivity index (χ4v) is 4.19. The Kier molecular flexibility index (Phi) is 4.13. The molecule has 0 atom stereocenters. The van der Waals surface area contributed by atoms with E-state index in [1.807, 2.05) is 6.26 Å². The van der Waals surface area contributed by atoms with Gasteiger partial charge in [0.1, 0.15) is 9.64 Å². The zero-order chi connectivity index (χ0) is 13.9. The van der Waals surface area contributed by atoms with Crippen molar-refractivity contribution in [1.82, 2.24) is 9.29 Å². The van der Waals surface area contributed by atoms with Crippen LogP contribution < -0.4 is 0 Å². The van der Waals surface area contributed by atoms with E-state index < -0.39 is 14.8 Å². The van der Waals surface area contributed by atoms with Gasteiger partial charge in [-0.2, -0.15) is 9.57 Å². The van der Waals surface area contributed by atoms with Crippen molar-refractivity contribution in [2.45, 2.75) is 22.5 Å². The van der Waals surface area contributed by atoms with E-state index in [0.717, 1.165) is 0 Å². The van der Waals surface area contributed by atoms with E-state index in [2.05, 4.69) is 11.1 Å². The SMILES string of the molecule is CSC1(C#N)CCN(S(=O)(=O)c2cccnc2)CC1. The molecule has 2 rings (SSSR count).